The van der Waals surface area contributed by atoms with Crippen LogP contribution in [-0.4, -0.2) is 42.4 Å². The van der Waals surface area contributed by atoms with Crippen LogP contribution in [0.5, 0.6) is 0 Å². The van der Waals surface area contributed by atoms with E-state index in [-0.39, 0.29) is 6.10 Å². The Hall–Kier alpha value is -0.900. The smallest absolute Gasteiger partial charge is 0.0716 e. The lowest BCUT2D eigenvalue weighted by Gasteiger charge is -2.47. The minimum absolute atomic E-state index is 0.0991. The molecule has 0 amide bonds. The zero-order chi connectivity index (χ0) is 16.8. The van der Waals surface area contributed by atoms with Crippen molar-refractivity contribution in [3.63, 3.8) is 0 Å². The van der Waals surface area contributed by atoms with Crippen molar-refractivity contribution in [2.45, 2.75) is 70.1 Å². The van der Waals surface area contributed by atoms with E-state index in [2.05, 4.69) is 36.2 Å². The highest BCUT2D eigenvalue weighted by molar-refractivity contribution is 5.13. The SMILES string of the molecule is CN(CCCOCc1ccccc1)C1CC(O)CCC12CCCC2. The van der Waals surface area contributed by atoms with Gasteiger partial charge < -0.3 is 14.7 Å². The Balaban J connectivity index is 1.42. The topological polar surface area (TPSA) is 32.7 Å². The van der Waals surface area contributed by atoms with E-state index >= 15 is 0 Å². The molecular formula is C21H33NO2. The van der Waals surface area contributed by atoms with E-state index in [9.17, 15) is 5.11 Å². The van der Waals surface area contributed by atoms with Crippen LogP contribution in [0.4, 0.5) is 0 Å². The van der Waals surface area contributed by atoms with Crippen molar-refractivity contribution in [1.29, 1.82) is 0 Å². The normalized spacial score (nSPS) is 26.3. The zero-order valence-corrected chi connectivity index (χ0v) is 15.1. The maximum absolute atomic E-state index is 10.2. The minimum Gasteiger partial charge on any atom is -0.393 e. The van der Waals surface area contributed by atoms with Crippen molar-refractivity contribution >= 4 is 0 Å². The van der Waals surface area contributed by atoms with Crippen LogP contribution in [0.3, 0.4) is 0 Å². The quantitative estimate of drug-likeness (QED) is 0.767. The number of aliphatic hydroxyl groups excluding tert-OH is 1. The molecule has 1 aromatic rings. The Morgan fingerprint density at radius 2 is 1.92 bits per heavy atom. The maximum Gasteiger partial charge on any atom is 0.0716 e. The lowest BCUT2D eigenvalue weighted by molar-refractivity contribution is -0.0195. The van der Waals surface area contributed by atoms with Gasteiger partial charge in [0.15, 0.2) is 0 Å². The first kappa shape index (κ1) is 17.9. The van der Waals surface area contributed by atoms with E-state index in [1.165, 1.54) is 37.7 Å². The third-order valence-corrected chi connectivity index (χ3v) is 6.22. The van der Waals surface area contributed by atoms with E-state index in [1.54, 1.807) is 0 Å². The monoisotopic (exact) mass is 331 g/mol. The number of nitrogens with zero attached hydrogens (tertiary/aromatic N) is 1. The average Bonchev–Trinajstić information content (AvgIpc) is 3.07. The number of ether oxygens (including phenoxy) is 1. The molecular weight excluding hydrogens is 298 g/mol. The molecule has 2 unspecified atom stereocenters. The summed E-state index contributed by atoms with van der Waals surface area (Å²) in [7, 11) is 2.25. The van der Waals surface area contributed by atoms with Gasteiger partial charge in [0, 0.05) is 19.2 Å². The summed E-state index contributed by atoms with van der Waals surface area (Å²) in [6, 6.07) is 10.9. The van der Waals surface area contributed by atoms with Gasteiger partial charge in [-0.15, -0.1) is 0 Å². The van der Waals surface area contributed by atoms with E-state index in [4.69, 9.17) is 4.74 Å². The van der Waals surface area contributed by atoms with Crippen LogP contribution in [0, 0.1) is 5.41 Å². The molecule has 2 aliphatic rings. The molecule has 1 spiro atoms. The Morgan fingerprint density at radius 1 is 1.17 bits per heavy atom. The van der Waals surface area contributed by atoms with E-state index < -0.39 is 0 Å². The standard InChI is InChI=1S/C21H33NO2/c1-22(14-7-15-24-17-18-8-3-2-4-9-18)20-16-19(23)10-13-21(20)11-5-6-12-21/h2-4,8-9,19-20,23H,5-7,10-17H2,1H3. The van der Waals surface area contributed by atoms with Crippen molar-refractivity contribution in [3.05, 3.63) is 35.9 Å². The molecule has 3 heteroatoms. The second-order valence-corrected chi connectivity index (χ2v) is 7.89. The van der Waals surface area contributed by atoms with E-state index in [0.717, 1.165) is 32.4 Å². The van der Waals surface area contributed by atoms with Gasteiger partial charge in [-0.1, -0.05) is 43.2 Å². The van der Waals surface area contributed by atoms with Gasteiger partial charge in [-0.05, 0) is 56.6 Å². The summed E-state index contributed by atoms with van der Waals surface area (Å²) in [4.78, 5) is 2.51. The van der Waals surface area contributed by atoms with Crippen LogP contribution in [0.25, 0.3) is 0 Å². The molecule has 2 saturated carbocycles. The fourth-order valence-corrected chi connectivity index (χ4v) is 4.89. The first-order valence-corrected chi connectivity index (χ1v) is 9.70. The van der Waals surface area contributed by atoms with Crippen LogP contribution in [0.2, 0.25) is 0 Å². The Morgan fingerprint density at radius 3 is 2.67 bits per heavy atom. The molecule has 0 bridgehead atoms. The van der Waals surface area contributed by atoms with Crippen LogP contribution < -0.4 is 0 Å². The van der Waals surface area contributed by atoms with Crippen LogP contribution in [0.15, 0.2) is 30.3 Å². The summed E-state index contributed by atoms with van der Waals surface area (Å²) in [6.45, 7) is 2.58. The third-order valence-electron chi connectivity index (χ3n) is 6.22. The molecule has 0 aliphatic heterocycles. The maximum atomic E-state index is 10.2. The number of hydrogen-bond acceptors (Lipinski definition) is 3. The molecule has 0 aromatic heterocycles. The number of rotatable bonds is 7. The average molecular weight is 332 g/mol. The highest BCUT2D eigenvalue weighted by Crippen LogP contribution is 2.50. The first-order valence-electron chi connectivity index (χ1n) is 9.70. The lowest BCUT2D eigenvalue weighted by Crippen LogP contribution is -2.50. The van der Waals surface area contributed by atoms with Gasteiger partial charge in [-0.25, -0.2) is 0 Å². The molecule has 3 nitrogen and oxygen atoms in total. The zero-order valence-electron chi connectivity index (χ0n) is 15.1. The van der Waals surface area contributed by atoms with E-state index in [0.29, 0.717) is 18.1 Å². The molecule has 1 aromatic carbocycles. The summed E-state index contributed by atoms with van der Waals surface area (Å²) < 4.78 is 5.82. The second kappa shape index (κ2) is 8.46. The number of benzene rings is 1. The van der Waals surface area contributed by atoms with Gasteiger partial charge >= 0.3 is 0 Å². The van der Waals surface area contributed by atoms with Crippen LogP contribution in [-0.2, 0) is 11.3 Å². The number of aliphatic hydroxyl groups is 1. The Labute approximate surface area is 147 Å². The Kier molecular flexibility index (Phi) is 6.31. The highest BCUT2D eigenvalue weighted by Gasteiger charge is 2.46. The van der Waals surface area contributed by atoms with Crippen molar-refractivity contribution in [1.82, 2.24) is 4.90 Å². The summed E-state index contributed by atoms with van der Waals surface area (Å²) >= 11 is 0. The van der Waals surface area contributed by atoms with Crippen molar-refractivity contribution in [3.8, 4) is 0 Å². The Bertz CT molecular complexity index is 484. The molecule has 0 saturated heterocycles. The van der Waals surface area contributed by atoms with Gasteiger partial charge in [0.25, 0.3) is 0 Å². The molecule has 0 heterocycles. The molecule has 1 N–H and O–H groups in total. The molecule has 3 rings (SSSR count). The minimum atomic E-state index is -0.0991. The van der Waals surface area contributed by atoms with Crippen molar-refractivity contribution < 1.29 is 9.84 Å². The summed E-state index contributed by atoms with van der Waals surface area (Å²) in [5.41, 5.74) is 1.73. The van der Waals surface area contributed by atoms with Gasteiger partial charge in [0.2, 0.25) is 0 Å². The molecule has 2 atom stereocenters. The second-order valence-electron chi connectivity index (χ2n) is 7.89. The summed E-state index contributed by atoms with van der Waals surface area (Å²) in [6.07, 6.45) is 9.61. The summed E-state index contributed by atoms with van der Waals surface area (Å²) in [5.74, 6) is 0. The summed E-state index contributed by atoms with van der Waals surface area (Å²) in [5, 5.41) is 10.2. The molecule has 0 radical (unpaired) electrons. The molecule has 2 aliphatic carbocycles. The number of hydrogen-bond donors (Lipinski definition) is 1. The molecule has 24 heavy (non-hydrogen) atoms. The highest BCUT2D eigenvalue weighted by atomic mass is 16.5. The fourth-order valence-electron chi connectivity index (χ4n) is 4.89. The third kappa shape index (κ3) is 4.38. The van der Waals surface area contributed by atoms with Crippen LogP contribution >= 0.6 is 0 Å². The van der Waals surface area contributed by atoms with Crippen molar-refractivity contribution in [2.75, 3.05) is 20.2 Å². The van der Waals surface area contributed by atoms with E-state index in [1.807, 2.05) is 6.07 Å². The molecule has 2 fully saturated rings. The predicted molar refractivity (Wildman–Crippen MR) is 97.9 cm³/mol. The molecule has 134 valence electrons. The van der Waals surface area contributed by atoms with Crippen molar-refractivity contribution in [2.24, 2.45) is 5.41 Å². The fraction of sp³-hybridized carbons (Fsp3) is 0.714. The van der Waals surface area contributed by atoms with Gasteiger partial charge in [0.05, 0.1) is 12.7 Å². The lowest BCUT2D eigenvalue weighted by atomic mass is 9.67. The largest absolute Gasteiger partial charge is 0.393 e. The van der Waals surface area contributed by atoms with Gasteiger partial charge in [0.1, 0.15) is 0 Å². The first-order chi connectivity index (χ1) is 11.7. The van der Waals surface area contributed by atoms with Gasteiger partial charge in [-0.2, -0.15) is 0 Å². The van der Waals surface area contributed by atoms with Gasteiger partial charge in [-0.3, -0.25) is 0 Å². The van der Waals surface area contributed by atoms with Crippen LogP contribution in [0.1, 0.15) is 56.9 Å². The predicted octanol–water partition coefficient (Wildman–Crippen LogP) is 4.00.